The van der Waals surface area contributed by atoms with Crippen molar-refractivity contribution in [1.82, 2.24) is 14.9 Å². The Labute approximate surface area is 121 Å². The van der Waals surface area contributed by atoms with Crippen LogP contribution in [0.1, 0.15) is 12.1 Å². The Balaban J connectivity index is 2.47. The van der Waals surface area contributed by atoms with Gasteiger partial charge in [0.05, 0.1) is 11.5 Å². The number of hydrazine groups is 1. The lowest BCUT2D eigenvalue weighted by atomic mass is 10.3. The number of rotatable bonds is 3. The Morgan fingerprint density at radius 1 is 1.38 bits per heavy atom. The second kappa shape index (κ2) is 5.87. The van der Waals surface area contributed by atoms with Gasteiger partial charge < -0.3 is 9.80 Å². The molecule has 0 saturated carbocycles. The summed E-state index contributed by atoms with van der Waals surface area (Å²) in [6, 6.07) is 0. The van der Waals surface area contributed by atoms with E-state index in [9.17, 15) is 14.9 Å². The van der Waals surface area contributed by atoms with E-state index in [-0.39, 0.29) is 35.6 Å². The molecule has 114 valence electrons. The standard InChI is InChI=1S/C11H17N7O3/c1-7-9(18(20)21)10(14-11(13-7)15-12)17-5-3-4-16(2)8(19)6-17/h3-6,12H2,1-2H3,(H,13,14,15). The van der Waals surface area contributed by atoms with Crippen molar-refractivity contribution in [2.45, 2.75) is 13.3 Å². The van der Waals surface area contributed by atoms with Gasteiger partial charge in [-0.1, -0.05) is 0 Å². The summed E-state index contributed by atoms with van der Waals surface area (Å²) in [6.07, 6.45) is 0.702. The molecule has 0 bridgehead atoms. The number of nitro groups is 1. The maximum atomic E-state index is 11.9. The Hall–Kier alpha value is -2.49. The molecular formula is C11H17N7O3. The highest BCUT2D eigenvalue weighted by Crippen LogP contribution is 2.30. The van der Waals surface area contributed by atoms with Crippen molar-refractivity contribution in [3.05, 3.63) is 15.8 Å². The normalized spacial score (nSPS) is 15.9. The summed E-state index contributed by atoms with van der Waals surface area (Å²) < 4.78 is 0. The summed E-state index contributed by atoms with van der Waals surface area (Å²) in [5.41, 5.74) is 2.28. The minimum Gasteiger partial charge on any atom is -0.344 e. The largest absolute Gasteiger partial charge is 0.344 e. The number of hydrogen-bond donors (Lipinski definition) is 2. The lowest BCUT2D eigenvalue weighted by molar-refractivity contribution is -0.385. The molecule has 1 aliphatic rings. The minimum absolute atomic E-state index is 0.0395. The molecule has 10 heteroatoms. The van der Waals surface area contributed by atoms with Crippen molar-refractivity contribution < 1.29 is 9.72 Å². The zero-order chi connectivity index (χ0) is 15.6. The van der Waals surface area contributed by atoms with E-state index in [0.717, 1.165) is 0 Å². The maximum Gasteiger partial charge on any atom is 0.332 e. The lowest BCUT2D eigenvalue weighted by Gasteiger charge is -2.21. The first-order valence-electron chi connectivity index (χ1n) is 6.42. The van der Waals surface area contributed by atoms with Crippen LogP contribution in [0.15, 0.2) is 0 Å². The number of nitrogen functional groups attached to an aromatic ring is 1. The quantitative estimate of drug-likeness (QED) is 0.439. The molecule has 21 heavy (non-hydrogen) atoms. The van der Waals surface area contributed by atoms with E-state index >= 15 is 0 Å². The predicted octanol–water partition coefficient (Wildman–Crippen LogP) is -0.353. The van der Waals surface area contributed by atoms with Crippen molar-refractivity contribution in [2.24, 2.45) is 5.84 Å². The van der Waals surface area contributed by atoms with Crippen LogP contribution >= 0.6 is 0 Å². The topological polar surface area (TPSA) is 131 Å². The molecule has 10 nitrogen and oxygen atoms in total. The third-order valence-electron chi connectivity index (χ3n) is 3.32. The number of nitrogens with two attached hydrogens (primary N) is 1. The third-order valence-corrected chi connectivity index (χ3v) is 3.32. The molecule has 2 heterocycles. The van der Waals surface area contributed by atoms with Gasteiger partial charge in [-0.2, -0.15) is 4.98 Å². The van der Waals surface area contributed by atoms with E-state index in [4.69, 9.17) is 5.84 Å². The number of nitrogens with one attached hydrogen (secondary N) is 1. The summed E-state index contributed by atoms with van der Waals surface area (Å²) in [4.78, 5) is 33.9. The summed E-state index contributed by atoms with van der Waals surface area (Å²) >= 11 is 0. The number of nitrogens with zero attached hydrogens (tertiary/aromatic N) is 5. The highest BCUT2D eigenvalue weighted by atomic mass is 16.6. The van der Waals surface area contributed by atoms with Crippen LogP contribution < -0.4 is 16.2 Å². The zero-order valence-corrected chi connectivity index (χ0v) is 11.9. The van der Waals surface area contributed by atoms with Gasteiger partial charge in [0, 0.05) is 20.1 Å². The van der Waals surface area contributed by atoms with E-state index in [0.29, 0.717) is 19.5 Å². The molecular weight excluding hydrogens is 278 g/mol. The minimum atomic E-state index is -0.538. The fraction of sp³-hybridized carbons (Fsp3) is 0.545. The first kappa shape index (κ1) is 14.9. The molecule has 1 amide bonds. The smallest absolute Gasteiger partial charge is 0.332 e. The fourth-order valence-corrected chi connectivity index (χ4v) is 2.22. The van der Waals surface area contributed by atoms with Gasteiger partial charge in [0.25, 0.3) is 0 Å². The molecule has 0 spiro atoms. The van der Waals surface area contributed by atoms with Gasteiger partial charge in [0.1, 0.15) is 5.69 Å². The Morgan fingerprint density at radius 2 is 2.10 bits per heavy atom. The molecule has 3 N–H and O–H groups in total. The molecule has 1 fully saturated rings. The van der Waals surface area contributed by atoms with Crippen LogP contribution in [0.25, 0.3) is 0 Å². The van der Waals surface area contributed by atoms with Gasteiger partial charge in [-0.25, -0.2) is 10.8 Å². The number of amides is 1. The number of carbonyl (C=O) groups is 1. The van der Waals surface area contributed by atoms with Crippen molar-refractivity contribution in [2.75, 3.05) is 37.0 Å². The number of anilines is 2. The number of hydrogen-bond acceptors (Lipinski definition) is 8. The molecule has 0 aromatic carbocycles. The monoisotopic (exact) mass is 295 g/mol. The van der Waals surface area contributed by atoms with E-state index in [1.807, 2.05) is 0 Å². The SMILES string of the molecule is Cc1nc(NN)nc(N2CCCN(C)C(=O)C2)c1[N+](=O)[O-]. The number of likely N-dealkylation sites (N-methyl/N-ethyl adjacent to an activating group) is 1. The molecule has 1 aromatic heterocycles. The first-order valence-corrected chi connectivity index (χ1v) is 6.42. The van der Waals surface area contributed by atoms with E-state index in [1.54, 1.807) is 16.8 Å². The van der Waals surface area contributed by atoms with Gasteiger partial charge in [-0.3, -0.25) is 20.3 Å². The van der Waals surface area contributed by atoms with Crippen LogP contribution in [0.3, 0.4) is 0 Å². The summed E-state index contributed by atoms with van der Waals surface area (Å²) in [5.74, 6) is 5.37. The molecule has 2 rings (SSSR count). The average molecular weight is 295 g/mol. The van der Waals surface area contributed by atoms with Gasteiger partial charge in [0.15, 0.2) is 0 Å². The molecule has 0 aliphatic carbocycles. The highest BCUT2D eigenvalue weighted by Gasteiger charge is 2.29. The molecule has 0 unspecified atom stereocenters. The molecule has 1 aromatic rings. The molecule has 0 radical (unpaired) electrons. The zero-order valence-electron chi connectivity index (χ0n) is 11.9. The lowest BCUT2D eigenvalue weighted by Crippen LogP contribution is -2.35. The van der Waals surface area contributed by atoms with Gasteiger partial charge in [0.2, 0.25) is 17.7 Å². The second-order valence-electron chi connectivity index (χ2n) is 4.80. The Bertz CT molecular complexity index is 577. The Kier molecular flexibility index (Phi) is 4.17. The van der Waals surface area contributed by atoms with Crippen molar-refractivity contribution in [1.29, 1.82) is 0 Å². The van der Waals surface area contributed by atoms with Crippen LogP contribution in [0.4, 0.5) is 17.5 Å². The average Bonchev–Trinajstić information content (AvgIpc) is 2.59. The fourth-order valence-electron chi connectivity index (χ4n) is 2.22. The van der Waals surface area contributed by atoms with Crippen LogP contribution in [0.5, 0.6) is 0 Å². The number of aryl methyl sites for hydroxylation is 1. The van der Waals surface area contributed by atoms with Crippen molar-refractivity contribution >= 4 is 23.4 Å². The molecule has 1 saturated heterocycles. The predicted molar refractivity (Wildman–Crippen MR) is 75.7 cm³/mol. The van der Waals surface area contributed by atoms with Crippen LogP contribution in [-0.2, 0) is 4.79 Å². The van der Waals surface area contributed by atoms with Crippen LogP contribution in [-0.4, -0.2) is 52.4 Å². The molecule has 1 aliphatic heterocycles. The van der Waals surface area contributed by atoms with Crippen LogP contribution in [0.2, 0.25) is 0 Å². The number of aromatic nitrogens is 2. The highest BCUT2D eigenvalue weighted by molar-refractivity contribution is 5.82. The second-order valence-corrected chi connectivity index (χ2v) is 4.80. The van der Waals surface area contributed by atoms with Gasteiger partial charge in [-0.05, 0) is 13.3 Å². The van der Waals surface area contributed by atoms with E-state index in [2.05, 4.69) is 15.4 Å². The maximum absolute atomic E-state index is 11.9. The van der Waals surface area contributed by atoms with Crippen molar-refractivity contribution in [3.8, 4) is 0 Å². The third kappa shape index (κ3) is 2.99. The van der Waals surface area contributed by atoms with E-state index < -0.39 is 4.92 Å². The van der Waals surface area contributed by atoms with Crippen molar-refractivity contribution in [3.63, 3.8) is 0 Å². The first-order chi connectivity index (χ1) is 9.93. The summed E-state index contributed by atoms with van der Waals surface area (Å²) in [5, 5.41) is 11.3. The van der Waals surface area contributed by atoms with Crippen LogP contribution in [0, 0.1) is 17.0 Å². The van der Waals surface area contributed by atoms with Gasteiger partial charge >= 0.3 is 5.69 Å². The van der Waals surface area contributed by atoms with Gasteiger partial charge in [-0.15, -0.1) is 0 Å². The number of carbonyl (C=O) groups excluding carboxylic acids is 1. The molecule has 0 atom stereocenters. The van der Waals surface area contributed by atoms with E-state index in [1.165, 1.54) is 6.92 Å². The summed E-state index contributed by atoms with van der Waals surface area (Å²) in [7, 11) is 1.71. The Morgan fingerprint density at radius 3 is 2.71 bits per heavy atom. The summed E-state index contributed by atoms with van der Waals surface area (Å²) in [6.45, 7) is 2.65.